The molecule has 0 aromatic rings. The number of hydrogen-bond donors (Lipinski definition) is 0. The Morgan fingerprint density at radius 2 is 1.44 bits per heavy atom. The third kappa shape index (κ3) is 7.00. The summed E-state index contributed by atoms with van der Waals surface area (Å²) in [5.74, 6) is 1.86. The molecule has 0 rings (SSSR count). The Balaban J connectivity index is 4.24. The zero-order valence-electron chi connectivity index (χ0n) is 11.9. The molecule has 1 unspecified atom stereocenters. The minimum atomic E-state index is 0.210. The van der Waals surface area contributed by atoms with E-state index in [0.717, 1.165) is 19.5 Å². The molecule has 0 aliphatic heterocycles. The lowest BCUT2D eigenvalue weighted by molar-refractivity contribution is -0.123. The van der Waals surface area contributed by atoms with E-state index < -0.39 is 0 Å². The Morgan fingerprint density at radius 3 is 1.75 bits per heavy atom. The molecule has 0 saturated carbocycles. The van der Waals surface area contributed by atoms with Crippen molar-refractivity contribution in [3.8, 4) is 0 Å². The molecule has 0 radical (unpaired) electrons. The smallest absolute Gasteiger partial charge is 0.149 e. The van der Waals surface area contributed by atoms with Gasteiger partial charge in [-0.15, -0.1) is 0 Å². The first-order valence-corrected chi connectivity index (χ1v) is 6.61. The number of nitrogens with zero attached hydrogens (tertiary/aromatic N) is 1. The zero-order chi connectivity index (χ0) is 12.7. The Morgan fingerprint density at radius 1 is 1.00 bits per heavy atom. The van der Waals surface area contributed by atoms with Crippen molar-refractivity contribution >= 4 is 5.78 Å². The fraction of sp³-hybridized carbons (Fsp3) is 0.929. The number of Topliss-reactive ketones (excluding diaryl/α,β-unsaturated/α-hetero) is 1. The van der Waals surface area contributed by atoms with Gasteiger partial charge < -0.3 is 0 Å². The average molecular weight is 227 g/mol. The molecule has 0 aromatic heterocycles. The Bertz CT molecular complexity index is 189. The predicted octanol–water partition coefficient (Wildman–Crippen LogP) is 3.22. The molecule has 2 nitrogen and oxygen atoms in total. The molecule has 1 atom stereocenters. The van der Waals surface area contributed by atoms with E-state index in [-0.39, 0.29) is 5.92 Å². The van der Waals surface area contributed by atoms with E-state index in [0.29, 0.717) is 24.2 Å². The van der Waals surface area contributed by atoms with Crippen molar-refractivity contribution in [2.45, 2.75) is 48.0 Å². The standard InChI is InChI=1S/C14H29NO/c1-7-13(6)14(16)10-15(8-11(2)3)9-12(4)5/h11-13H,7-10H2,1-6H3. The molecule has 16 heavy (non-hydrogen) atoms. The maximum absolute atomic E-state index is 11.9. The molecule has 0 N–H and O–H groups in total. The highest BCUT2D eigenvalue weighted by Gasteiger charge is 2.17. The second-order valence-corrected chi connectivity index (χ2v) is 5.76. The van der Waals surface area contributed by atoms with Gasteiger partial charge in [-0.1, -0.05) is 41.5 Å². The van der Waals surface area contributed by atoms with Crippen molar-refractivity contribution in [2.24, 2.45) is 17.8 Å². The van der Waals surface area contributed by atoms with Gasteiger partial charge in [-0.3, -0.25) is 9.69 Å². The summed E-state index contributed by atoms with van der Waals surface area (Å²) in [5, 5.41) is 0. The topological polar surface area (TPSA) is 20.3 Å². The molecule has 0 bridgehead atoms. The zero-order valence-corrected chi connectivity index (χ0v) is 11.9. The van der Waals surface area contributed by atoms with Crippen molar-refractivity contribution < 1.29 is 4.79 Å². The van der Waals surface area contributed by atoms with Gasteiger partial charge in [0.15, 0.2) is 0 Å². The second kappa shape index (κ2) is 7.83. The summed E-state index contributed by atoms with van der Waals surface area (Å²) in [6, 6.07) is 0. The molecule has 0 aliphatic carbocycles. The van der Waals surface area contributed by atoms with Crippen LogP contribution in [-0.4, -0.2) is 30.3 Å². The monoisotopic (exact) mass is 227 g/mol. The summed E-state index contributed by atoms with van der Waals surface area (Å²) in [6.07, 6.45) is 0.954. The van der Waals surface area contributed by atoms with Crippen LogP contribution in [0.3, 0.4) is 0 Å². The molecule has 96 valence electrons. The summed E-state index contributed by atoms with van der Waals surface area (Å²) in [7, 11) is 0. The van der Waals surface area contributed by atoms with Crippen molar-refractivity contribution in [1.82, 2.24) is 4.90 Å². The molecular formula is C14H29NO. The van der Waals surface area contributed by atoms with Crippen LogP contribution in [0.25, 0.3) is 0 Å². The Kier molecular flexibility index (Phi) is 7.65. The molecule has 0 heterocycles. The minimum Gasteiger partial charge on any atom is -0.298 e. The van der Waals surface area contributed by atoms with E-state index in [1.165, 1.54) is 0 Å². The number of carbonyl (C=O) groups is 1. The molecule has 2 heteroatoms. The largest absolute Gasteiger partial charge is 0.298 e. The van der Waals surface area contributed by atoms with Crippen LogP contribution in [0.4, 0.5) is 0 Å². The van der Waals surface area contributed by atoms with E-state index >= 15 is 0 Å². The molecule has 0 aromatic carbocycles. The Hall–Kier alpha value is -0.370. The lowest BCUT2D eigenvalue weighted by Gasteiger charge is -2.26. The van der Waals surface area contributed by atoms with E-state index in [1.807, 2.05) is 6.92 Å². The van der Waals surface area contributed by atoms with Crippen LogP contribution >= 0.6 is 0 Å². The fourth-order valence-corrected chi connectivity index (χ4v) is 1.84. The summed E-state index contributed by atoms with van der Waals surface area (Å²) in [5.41, 5.74) is 0. The first kappa shape index (κ1) is 15.6. The van der Waals surface area contributed by atoms with Crippen LogP contribution in [-0.2, 0) is 4.79 Å². The number of carbonyl (C=O) groups excluding carboxylic acids is 1. The normalized spacial score (nSPS) is 13.8. The van der Waals surface area contributed by atoms with E-state index in [1.54, 1.807) is 0 Å². The van der Waals surface area contributed by atoms with Crippen LogP contribution in [0.2, 0.25) is 0 Å². The lowest BCUT2D eigenvalue weighted by atomic mass is 10.0. The van der Waals surface area contributed by atoms with Gasteiger partial charge in [-0.25, -0.2) is 0 Å². The van der Waals surface area contributed by atoms with Gasteiger partial charge in [-0.05, 0) is 18.3 Å². The van der Waals surface area contributed by atoms with Gasteiger partial charge in [0.1, 0.15) is 5.78 Å². The molecule has 0 aliphatic rings. The molecule has 0 saturated heterocycles. The van der Waals surface area contributed by atoms with Crippen LogP contribution < -0.4 is 0 Å². The van der Waals surface area contributed by atoms with Crippen molar-refractivity contribution in [2.75, 3.05) is 19.6 Å². The summed E-state index contributed by atoms with van der Waals surface area (Å²) in [6.45, 7) is 15.6. The molecule has 0 spiro atoms. The summed E-state index contributed by atoms with van der Waals surface area (Å²) >= 11 is 0. The quantitative estimate of drug-likeness (QED) is 0.634. The number of rotatable bonds is 8. The molecule has 0 fully saturated rings. The SMILES string of the molecule is CCC(C)C(=O)CN(CC(C)C)CC(C)C. The lowest BCUT2D eigenvalue weighted by Crippen LogP contribution is -2.37. The summed E-state index contributed by atoms with van der Waals surface area (Å²) < 4.78 is 0. The van der Waals surface area contributed by atoms with Gasteiger partial charge in [-0.2, -0.15) is 0 Å². The number of ketones is 1. The van der Waals surface area contributed by atoms with E-state index in [9.17, 15) is 4.79 Å². The van der Waals surface area contributed by atoms with Gasteiger partial charge in [0.2, 0.25) is 0 Å². The predicted molar refractivity (Wildman–Crippen MR) is 70.6 cm³/mol. The minimum absolute atomic E-state index is 0.210. The van der Waals surface area contributed by atoms with Gasteiger partial charge in [0.05, 0.1) is 6.54 Å². The second-order valence-electron chi connectivity index (χ2n) is 5.76. The van der Waals surface area contributed by atoms with Gasteiger partial charge >= 0.3 is 0 Å². The Labute approximate surface area is 101 Å². The van der Waals surface area contributed by atoms with E-state index in [2.05, 4.69) is 39.5 Å². The first-order valence-electron chi connectivity index (χ1n) is 6.61. The van der Waals surface area contributed by atoms with Crippen molar-refractivity contribution in [3.63, 3.8) is 0 Å². The van der Waals surface area contributed by atoms with Crippen molar-refractivity contribution in [1.29, 1.82) is 0 Å². The van der Waals surface area contributed by atoms with Gasteiger partial charge in [0, 0.05) is 19.0 Å². The number of hydrogen-bond acceptors (Lipinski definition) is 2. The van der Waals surface area contributed by atoms with Crippen LogP contribution in [0.5, 0.6) is 0 Å². The highest BCUT2D eigenvalue weighted by Crippen LogP contribution is 2.08. The van der Waals surface area contributed by atoms with Crippen molar-refractivity contribution in [3.05, 3.63) is 0 Å². The fourth-order valence-electron chi connectivity index (χ4n) is 1.84. The van der Waals surface area contributed by atoms with Crippen LogP contribution in [0, 0.1) is 17.8 Å². The summed E-state index contributed by atoms with van der Waals surface area (Å²) in [4.78, 5) is 14.2. The average Bonchev–Trinajstić information content (AvgIpc) is 2.14. The third-order valence-corrected chi connectivity index (χ3v) is 2.79. The first-order chi connectivity index (χ1) is 7.36. The highest BCUT2D eigenvalue weighted by atomic mass is 16.1. The maximum Gasteiger partial charge on any atom is 0.149 e. The molecule has 0 amide bonds. The molecular weight excluding hydrogens is 198 g/mol. The van der Waals surface area contributed by atoms with Crippen LogP contribution in [0.15, 0.2) is 0 Å². The third-order valence-electron chi connectivity index (χ3n) is 2.79. The van der Waals surface area contributed by atoms with Gasteiger partial charge in [0.25, 0.3) is 0 Å². The van der Waals surface area contributed by atoms with Crippen LogP contribution in [0.1, 0.15) is 48.0 Å². The van der Waals surface area contributed by atoms with E-state index in [4.69, 9.17) is 0 Å². The maximum atomic E-state index is 11.9. The highest BCUT2D eigenvalue weighted by molar-refractivity contribution is 5.82.